The summed E-state index contributed by atoms with van der Waals surface area (Å²) in [5, 5.41) is 3.59. The van der Waals surface area contributed by atoms with Gasteiger partial charge in [0.25, 0.3) is 0 Å². The second kappa shape index (κ2) is 6.36. The first-order chi connectivity index (χ1) is 8.20. The zero-order valence-corrected chi connectivity index (χ0v) is 13.6. The number of nitrogens with one attached hydrogen (secondary N) is 1. The monoisotopic (exact) mass is 335 g/mol. The van der Waals surface area contributed by atoms with Crippen molar-refractivity contribution in [1.82, 2.24) is 5.32 Å². The number of halogens is 3. The largest absolute Gasteiger partial charge is 0.312 e. The van der Waals surface area contributed by atoms with Crippen molar-refractivity contribution in [2.24, 2.45) is 5.92 Å². The minimum Gasteiger partial charge on any atom is -0.312 e. The molecule has 0 aliphatic rings. The Bertz CT molecular complexity index is 415. The zero-order valence-electron chi connectivity index (χ0n) is 11.3. The van der Waals surface area contributed by atoms with Crippen LogP contribution in [0.1, 0.15) is 33.3 Å². The first-order valence-corrected chi connectivity index (χ1v) is 7.25. The lowest BCUT2D eigenvalue weighted by atomic mass is 9.99. The maximum Gasteiger partial charge on any atom is 0.146 e. The lowest BCUT2D eigenvalue weighted by molar-refractivity contribution is 0.379. The summed E-state index contributed by atoms with van der Waals surface area (Å²) >= 11 is 9.10. The molecule has 0 aliphatic heterocycles. The Morgan fingerprint density at radius 3 is 2.56 bits per heavy atom. The SMILES string of the molecule is CC(CNC(C)(C)C)Cc1ccc(Br)c(Cl)c1F. The Morgan fingerprint density at radius 1 is 1.39 bits per heavy atom. The van der Waals surface area contributed by atoms with Crippen LogP contribution in [0.15, 0.2) is 16.6 Å². The summed E-state index contributed by atoms with van der Waals surface area (Å²) in [6.45, 7) is 9.33. The lowest BCUT2D eigenvalue weighted by Gasteiger charge is -2.23. The van der Waals surface area contributed by atoms with Crippen molar-refractivity contribution in [1.29, 1.82) is 0 Å². The summed E-state index contributed by atoms with van der Waals surface area (Å²) in [5.41, 5.74) is 0.760. The maximum absolute atomic E-state index is 13.9. The van der Waals surface area contributed by atoms with Crippen LogP contribution in [0.2, 0.25) is 5.02 Å². The third-order valence-corrected chi connectivity index (χ3v) is 3.92. The van der Waals surface area contributed by atoms with Crippen molar-refractivity contribution in [3.8, 4) is 0 Å². The summed E-state index contributed by atoms with van der Waals surface area (Å²) in [6, 6.07) is 3.59. The molecule has 0 bridgehead atoms. The highest BCUT2D eigenvalue weighted by Crippen LogP contribution is 2.28. The highest BCUT2D eigenvalue weighted by molar-refractivity contribution is 9.10. The minimum absolute atomic E-state index is 0.0875. The van der Waals surface area contributed by atoms with Crippen molar-refractivity contribution in [2.45, 2.75) is 39.7 Å². The average Bonchev–Trinajstić information content (AvgIpc) is 2.26. The number of hydrogen-bond acceptors (Lipinski definition) is 1. The van der Waals surface area contributed by atoms with E-state index in [0.717, 1.165) is 6.54 Å². The van der Waals surface area contributed by atoms with Crippen molar-refractivity contribution in [2.75, 3.05) is 6.54 Å². The molecule has 1 atom stereocenters. The van der Waals surface area contributed by atoms with Crippen LogP contribution in [0.4, 0.5) is 4.39 Å². The van der Waals surface area contributed by atoms with Gasteiger partial charge in [0.1, 0.15) is 5.82 Å². The van der Waals surface area contributed by atoms with Crippen molar-refractivity contribution < 1.29 is 4.39 Å². The van der Waals surface area contributed by atoms with E-state index in [9.17, 15) is 4.39 Å². The normalized spacial score (nSPS) is 13.7. The van der Waals surface area contributed by atoms with Gasteiger partial charge in [-0.3, -0.25) is 0 Å². The molecule has 4 heteroatoms. The fourth-order valence-electron chi connectivity index (χ4n) is 1.65. The third-order valence-electron chi connectivity index (χ3n) is 2.66. The van der Waals surface area contributed by atoms with Gasteiger partial charge in [-0.2, -0.15) is 0 Å². The van der Waals surface area contributed by atoms with Gasteiger partial charge in [0.05, 0.1) is 5.02 Å². The molecule has 0 saturated carbocycles. The molecule has 1 nitrogen and oxygen atoms in total. The van der Waals surface area contributed by atoms with Crippen molar-refractivity contribution >= 4 is 27.5 Å². The molecule has 0 heterocycles. The van der Waals surface area contributed by atoms with Gasteiger partial charge in [-0.15, -0.1) is 0 Å². The quantitative estimate of drug-likeness (QED) is 0.778. The third kappa shape index (κ3) is 4.87. The molecular weight excluding hydrogens is 317 g/mol. The first-order valence-electron chi connectivity index (χ1n) is 6.08. The topological polar surface area (TPSA) is 12.0 Å². The lowest BCUT2D eigenvalue weighted by Crippen LogP contribution is -2.39. The Morgan fingerprint density at radius 2 is 2.00 bits per heavy atom. The number of hydrogen-bond donors (Lipinski definition) is 1. The van der Waals surface area contributed by atoms with E-state index in [1.807, 2.05) is 0 Å². The van der Waals surface area contributed by atoms with Gasteiger partial charge in [0.15, 0.2) is 0 Å². The molecule has 102 valence electrons. The van der Waals surface area contributed by atoms with Gasteiger partial charge in [0.2, 0.25) is 0 Å². The highest BCUT2D eigenvalue weighted by atomic mass is 79.9. The molecule has 1 rings (SSSR count). The molecule has 0 saturated heterocycles. The molecule has 0 fully saturated rings. The molecule has 1 aromatic rings. The smallest absolute Gasteiger partial charge is 0.146 e. The molecule has 18 heavy (non-hydrogen) atoms. The van der Waals surface area contributed by atoms with E-state index in [1.165, 1.54) is 0 Å². The van der Waals surface area contributed by atoms with Crippen LogP contribution < -0.4 is 5.32 Å². The van der Waals surface area contributed by atoms with Crippen LogP contribution in [0, 0.1) is 11.7 Å². The Labute approximate surface area is 122 Å². The molecule has 1 N–H and O–H groups in total. The predicted molar refractivity (Wildman–Crippen MR) is 79.7 cm³/mol. The fraction of sp³-hybridized carbons (Fsp3) is 0.571. The van der Waals surface area contributed by atoms with E-state index < -0.39 is 0 Å². The van der Waals surface area contributed by atoms with Crippen molar-refractivity contribution in [3.63, 3.8) is 0 Å². The van der Waals surface area contributed by atoms with E-state index in [2.05, 4.69) is 48.9 Å². The molecule has 0 radical (unpaired) electrons. The summed E-state index contributed by atoms with van der Waals surface area (Å²) < 4.78 is 14.5. The average molecular weight is 337 g/mol. The van der Waals surface area contributed by atoms with Gasteiger partial charge in [-0.25, -0.2) is 4.39 Å². The summed E-state index contributed by atoms with van der Waals surface area (Å²) in [5.74, 6) is 0.0459. The molecule has 1 unspecified atom stereocenters. The van der Waals surface area contributed by atoms with Crippen LogP contribution in [0.25, 0.3) is 0 Å². The Kier molecular flexibility index (Phi) is 5.63. The van der Waals surface area contributed by atoms with E-state index >= 15 is 0 Å². The van der Waals surface area contributed by atoms with E-state index in [-0.39, 0.29) is 16.4 Å². The standard InChI is InChI=1S/C14H20BrClFN/c1-9(8-18-14(2,3)4)7-10-5-6-11(15)12(16)13(10)17/h5-6,9,18H,7-8H2,1-4H3. The van der Waals surface area contributed by atoms with Crippen LogP contribution in [0.5, 0.6) is 0 Å². The molecule has 0 aliphatic carbocycles. The molecule has 0 amide bonds. The number of rotatable bonds is 4. The van der Waals surface area contributed by atoms with Gasteiger partial charge in [0, 0.05) is 10.0 Å². The molecule has 0 spiro atoms. The van der Waals surface area contributed by atoms with Crippen LogP contribution in [-0.2, 0) is 6.42 Å². The molecular formula is C14H20BrClFN. The van der Waals surface area contributed by atoms with Gasteiger partial charge in [-0.1, -0.05) is 24.6 Å². The van der Waals surface area contributed by atoms with E-state index in [0.29, 0.717) is 22.4 Å². The minimum atomic E-state index is -0.311. The first kappa shape index (κ1) is 15.9. The zero-order chi connectivity index (χ0) is 13.9. The summed E-state index contributed by atoms with van der Waals surface area (Å²) in [6.07, 6.45) is 0.682. The fourth-order valence-corrected chi connectivity index (χ4v) is 2.14. The number of benzene rings is 1. The summed E-state index contributed by atoms with van der Waals surface area (Å²) in [4.78, 5) is 0. The van der Waals surface area contributed by atoms with E-state index in [4.69, 9.17) is 11.6 Å². The van der Waals surface area contributed by atoms with Crippen LogP contribution in [-0.4, -0.2) is 12.1 Å². The Balaban J connectivity index is 2.65. The van der Waals surface area contributed by atoms with Crippen LogP contribution in [0.3, 0.4) is 0 Å². The van der Waals surface area contributed by atoms with Gasteiger partial charge < -0.3 is 5.32 Å². The van der Waals surface area contributed by atoms with Gasteiger partial charge in [-0.05, 0) is 67.2 Å². The maximum atomic E-state index is 13.9. The van der Waals surface area contributed by atoms with E-state index in [1.54, 1.807) is 12.1 Å². The Hall–Kier alpha value is -0.120. The second-order valence-corrected chi connectivity index (χ2v) is 7.01. The molecule has 0 aromatic heterocycles. The second-order valence-electron chi connectivity index (χ2n) is 5.77. The molecule has 1 aromatic carbocycles. The predicted octanol–water partition coefficient (Wildman–Crippen LogP) is 4.81. The van der Waals surface area contributed by atoms with Crippen molar-refractivity contribution in [3.05, 3.63) is 33.0 Å². The highest BCUT2D eigenvalue weighted by Gasteiger charge is 2.15. The summed E-state index contributed by atoms with van der Waals surface area (Å²) in [7, 11) is 0. The van der Waals surface area contributed by atoms with Gasteiger partial charge >= 0.3 is 0 Å². The van der Waals surface area contributed by atoms with Crippen LogP contribution >= 0.6 is 27.5 Å².